The van der Waals surface area contributed by atoms with Gasteiger partial charge in [0, 0.05) is 18.4 Å². The van der Waals surface area contributed by atoms with E-state index in [9.17, 15) is 0 Å². The molecule has 1 aromatic heterocycles. The fourth-order valence-electron chi connectivity index (χ4n) is 3.64. The van der Waals surface area contributed by atoms with Gasteiger partial charge in [0.05, 0.1) is 0 Å². The van der Waals surface area contributed by atoms with Gasteiger partial charge in [0.15, 0.2) is 0 Å². The van der Waals surface area contributed by atoms with Crippen LogP contribution in [0.15, 0.2) is 24.5 Å². The van der Waals surface area contributed by atoms with Crippen LogP contribution in [-0.4, -0.2) is 29.0 Å². The second kappa shape index (κ2) is 5.83. The lowest BCUT2D eigenvalue weighted by molar-refractivity contribution is 0.0439. The molecule has 1 aromatic rings. The Morgan fingerprint density at radius 2 is 2.11 bits per heavy atom. The Hall–Kier alpha value is -0.890. The van der Waals surface area contributed by atoms with Gasteiger partial charge in [0.25, 0.3) is 0 Å². The summed E-state index contributed by atoms with van der Waals surface area (Å²) >= 11 is 0. The number of hydrogen-bond donors (Lipinski definition) is 0. The topological polar surface area (TPSA) is 16.1 Å². The van der Waals surface area contributed by atoms with Crippen LogP contribution in [0.3, 0.4) is 0 Å². The van der Waals surface area contributed by atoms with Crippen LogP contribution in [0, 0.1) is 5.92 Å². The summed E-state index contributed by atoms with van der Waals surface area (Å²) in [4.78, 5) is 6.92. The maximum absolute atomic E-state index is 4.18. The van der Waals surface area contributed by atoms with Gasteiger partial charge in [-0.1, -0.05) is 12.5 Å². The summed E-state index contributed by atoms with van der Waals surface area (Å²) < 4.78 is 0. The van der Waals surface area contributed by atoms with Crippen LogP contribution in [0.25, 0.3) is 0 Å². The van der Waals surface area contributed by atoms with Gasteiger partial charge in [-0.25, -0.2) is 0 Å². The van der Waals surface area contributed by atoms with Crippen molar-refractivity contribution < 1.29 is 0 Å². The van der Waals surface area contributed by atoms with Crippen molar-refractivity contribution in [1.82, 2.24) is 9.88 Å². The zero-order valence-corrected chi connectivity index (χ0v) is 11.2. The van der Waals surface area contributed by atoms with Gasteiger partial charge in [0.1, 0.15) is 0 Å². The maximum Gasteiger partial charge on any atom is 0.0299 e. The van der Waals surface area contributed by atoms with Crippen LogP contribution < -0.4 is 0 Å². The third-order valence-electron chi connectivity index (χ3n) is 4.75. The Morgan fingerprint density at radius 3 is 2.78 bits per heavy atom. The largest absolute Gasteiger partial charge is 0.300 e. The zero-order valence-electron chi connectivity index (χ0n) is 11.2. The molecule has 2 bridgehead atoms. The van der Waals surface area contributed by atoms with Crippen molar-refractivity contribution in [3.63, 3.8) is 0 Å². The van der Waals surface area contributed by atoms with Gasteiger partial charge in [-0.2, -0.15) is 0 Å². The molecule has 3 saturated heterocycles. The highest BCUT2D eigenvalue weighted by atomic mass is 15.2. The highest BCUT2D eigenvalue weighted by molar-refractivity contribution is 5.08. The third kappa shape index (κ3) is 2.92. The number of fused-ring (bicyclic) bond motifs is 3. The number of unbranched alkanes of at least 4 members (excludes halogenated alkanes) is 1. The second-order valence-electron chi connectivity index (χ2n) is 5.98. The SMILES string of the molecule is c1cncc(CCCCC2CC3CCN2CC3)c1. The fourth-order valence-corrected chi connectivity index (χ4v) is 3.64. The van der Waals surface area contributed by atoms with E-state index in [0.29, 0.717) is 0 Å². The Morgan fingerprint density at radius 1 is 1.22 bits per heavy atom. The predicted octanol–water partition coefficient (Wildman–Crippen LogP) is 3.28. The van der Waals surface area contributed by atoms with Crippen LogP contribution in [-0.2, 0) is 6.42 Å². The van der Waals surface area contributed by atoms with Crippen molar-refractivity contribution in [2.24, 2.45) is 5.92 Å². The molecule has 4 heterocycles. The molecular formula is C16H24N2. The lowest BCUT2D eigenvalue weighted by Crippen LogP contribution is -2.48. The minimum Gasteiger partial charge on any atom is -0.300 e. The average molecular weight is 244 g/mol. The molecule has 2 heteroatoms. The second-order valence-corrected chi connectivity index (χ2v) is 5.98. The molecule has 4 rings (SSSR count). The first-order valence-corrected chi connectivity index (χ1v) is 7.55. The summed E-state index contributed by atoms with van der Waals surface area (Å²) in [5.41, 5.74) is 1.39. The van der Waals surface area contributed by atoms with Crippen LogP contribution >= 0.6 is 0 Å². The molecule has 1 atom stereocenters. The monoisotopic (exact) mass is 244 g/mol. The maximum atomic E-state index is 4.18. The van der Waals surface area contributed by atoms with Crippen LogP contribution in [0.1, 0.15) is 44.1 Å². The van der Waals surface area contributed by atoms with Crippen molar-refractivity contribution in [3.05, 3.63) is 30.1 Å². The van der Waals surface area contributed by atoms with Crippen LogP contribution in [0.4, 0.5) is 0 Å². The Bertz CT molecular complexity index is 355. The van der Waals surface area contributed by atoms with E-state index in [0.717, 1.165) is 12.0 Å². The molecule has 0 radical (unpaired) electrons. The fraction of sp³-hybridized carbons (Fsp3) is 0.688. The molecule has 3 fully saturated rings. The first-order chi connectivity index (χ1) is 8.92. The van der Waals surface area contributed by atoms with E-state index in [2.05, 4.69) is 16.0 Å². The van der Waals surface area contributed by atoms with Crippen molar-refractivity contribution in [1.29, 1.82) is 0 Å². The molecule has 0 aliphatic carbocycles. The molecule has 0 amide bonds. The summed E-state index contributed by atoms with van der Waals surface area (Å²) in [5, 5.41) is 0. The molecule has 98 valence electrons. The number of nitrogens with zero attached hydrogens (tertiary/aromatic N) is 2. The molecule has 0 saturated carbocycles. The molecule has 3 aliphatic heterocycles. The van der Waals surface area contributed by atoms with Gasteiger partial charge >= 0.3 is 0 Å². The van der Waals surface area contributed by atoms with E-state index in [-0.39, 0.29) is 0 Å². The first-order valence-electron chi connectivity index (χ1n) is 7.55. The molecule has 0 aromatic carbocycles. The van der Waals surface area contributed by atoms with E-state index in [1.807, 2.05) is 18.5 Å². The highest BCUT2D eigenvalue weighted by Gasteiger charge is 2.32. The first kappa shape index (κ1) is 12.2. The highest BCUT2D eigenvalue weighted by Crippen LogP contribution is 2.33. The van der Waals surface area contributed by atoms with Gasteiger partial charge in [-0.05, 0) is 69.2 Å². The average Bonchev–Trinajstić information content (AvgIpc) is 2.46. The number of rotatable bonds is 5. The predicted molar refractivity (Wildman–Crippen MR) is 74.5 cm³/mol. The number of piperidine rings is 3. The van der Waals surface area contributed by atoms with E-state index < -0.39 is 0 Å². The summed E-state index contributed by atoms with van der Waals surface area (Å²) in [7, 11) is 0. The van der Waals surface area contributed by atoms with Gasteiger partial charge in [0.2, 0.25) is 0 Å². The number of hydrogen-bond acceptors (Lipinski definition) is 2. The summed E-state index contributed by atoms with van der Waals surface area (Å²) in [6, 6.07) is 5.15. The van der Waals surface area contributed by atoms with E-state index in [1.54, 1.807) is 0 Å². The lowest BCUT2D eigenvalue weighted by atomic mass is 9.81. The minimum atomic E-state index is 0.909. The number of aryl methyl sites for hydroxylation is 1. The summed E-state index contributed by atoms with van der Waals surface area (Å²) in [6.45, 7) is 2.75. The molecule has 0 spiro atoms. The molecular weight excluding hydrogens is 220 g/mol. The summed E-state index contributed by atoms with van der Waals surface area (Å²) in [5.74, 6) is 1.05. The van der Waals surface area contributed by atoms with Crippen LogP contribution in [0.2, 0.25) is 0 Å². The molecule has 18 heavy (non-hydrogen) atoms. The van der Waals surface area contributed by atoms with Crippen molar-refractivity contribution in [3.8, 4) is 0 Å². The molecule has 2 nitrogen and oxygen atoms in total. The minimum absolute atomic E-state index is 0.909. The smallest absolute Gasteiger partial charge is 0.0299 e. The van der Waals surface area contributed by atoms with E-state index in [4.69, 9.17) is 0 Å². The molecule has 1 unspecified atom stereocenters. The standard InChI is InChI=1S/C16H24N2/c1(4-15-5-3-9-17-13-15)2-6-16-12-14-7-10-18(16)11-8-14/h3,5,9,13-14,16H,1-2,4,6-8,10-12H2. The summed E-state index contributed by atoms with van der Waals surface area (Å²) in [6.07, 6.45) is 13.6. The van der Waals surface area contributed by atoms with E-state index in [1.165, 1.54) is 63.6 Å². The third-order valence-corrected chi connectivity index (χ3v) is 4.75. The number of aromatic nitrogens is 1. The quantitative estimate of drug-likeness (QED) is 0.739. The van der Waals surface area contributed by atoms with E-state index >= 15 is 0 Å². The van der Waals surface area contributed by atoms with Crippen molar-refractivity contribution in [2.75, 3.05) is 13.1 Å². The van der Waals surface area contributed by atoms with Crippen molar-refractivity contribution >= 4 is 0 Å². The molecule has 3 aliphatic rings. The normalized spacial score (nSPS) is 30.6. The Kier molecular flexibility index (Phi) is 3.94. The van der Waals surface area contributed by atoms with Crippen LogP contribution in [0.5, 0.6) is 0 Å². The number of pyridine rings is 1. The van der Waals surface area contributed by atoms with Crippen molar-refractivity contribution in [2.45, 2.75) is 51.0 Å². The zero-order chi connectivity index (χ0) is 12.2. The van der Waals surface area contributed by atoms with Gasteiger partial charge in [-0.3, -0.25) is 4.98 Å². The Labute approximate surface area is 110 Å². The Balaban J connectivity index is 1.38. The molecule has 0 N–H and O–H groups in total. The lowest BCUT2D eigenvalue weighted by Gasteiger charge is -2.45. The van der Waals surface area contributed by atoms with Gasteiger partial charge < -0.3 is 4.90 Å². The van der Waals surface area contributed by atoms with Gasteiger partial charge in [-0.15, -0.1) is 0 Å².